The maximum absolute atomic E-state index is 13.5. The number of aryl methyl sites for hydroxylation is 1. The summed E-state index contributed by atoms with van der Waals surface area (Å²) in [5.74, 6) is 0. The second-order valence-corrected chi connectivity index (χ2v) is 9.06. The van der Waals surface area contributed by atoms with E-state index in [0.717, 1.165) is 24.1 Å². The number of hydrogen-bond acceptors (Lipinski definition) is 3. The van der Waals surface area contributed by atoms with E-state index in [1.807, 2.05) is 54.6 Å². The third-order valence-electron chi connectivity index (χ3n) is 5.37. The average Bonchev–Trinajstić information content (AvgIpc) is 2.68. The molecule has 1 aliphatic heterocycles. The summed E-state index contributed by atoms with van der Waals surface area (Å²) in [5.41, 5.74) is 3.31. The Labute approximate surface area is 155 Å². The van der Waals surface area contributed by atoms with Crippen LogP contribution in [0.2, 0.25) is 0 Å². The van der Waals surface area contributed by atoms with E-state index in [9.17, 15) is 8.42 Å². The van der Waals surface area contributed by atoms with Crippen LogP contribution in [0.5, 0.6) is 0 Å². The molecule has 4 nitrogen and oxygen atoms in total. The lowest BCUT2D eigenvalue weighted by atomic mass is 9.98. The van der Waals surface area contributed by atoms with E-state index in [1.54, 1.807) is 4.31 Å². The quantitative estimate of drug-likeness (QED) is 0.835. The highest BCUT2D eigenvalue weighted by molar-refractivity contribution is 7.93. The standard InChI is InChI=1S/C21H24N2O2S/c1-22-13-14-23(21(16-22)18-8-3-2-4-9-18)26(24,25)20-12-11-17-7-5-6-10-19(17)15-20/h2-10,15,21H,11-14,16H2,1H3. The van der Waals surface area contributed by atoms with Crippen LogP contribution in [0, 0.1) is 0 Å². The highest BCUT2D eigenvalue weighted by Crippen LogP contribution is 2.34. The van der Waals surface area contributed by atoms with Crippen molar-refractivity contribution in [2.45, 2.75) is 18.9 Å². The third kappa shape index (κ3) is 3.22. The zero-order chi connectivity index (χ0) is 18.1. The summed E-state index contributed by atoms with van der Waals surface area (Å²) >= 11 is 0. The van der Waals surface area contributed by atoms with Crippen LogP contribution in [0.25, 0.3) is 6.08 Å². The van der Waals surface area contributed by atoms with Crippen LogP contribution in [0.3, 0.4) is 0 Å². The molecule has 0 amide bonds. The van der Waals surface area contributed by atoms with E-state index in [2.05, 4.69) is 18.0 Å². The first-order valence-electron chi connectivity index (χ1n) is 9.09. The highest BCUT2D eigenvalue weighted by atomic mass is 32.2. The SMILES string of the molecule is CN1CCN(S(=O)(=O)C2=Cc3ccccc3CC2)C(c2ccccc2)C1. The van der Waals surface area contributed by atoms with Crippen molar-refractivity contribution >= 4 is 16.1 Å². The number of fused-ring (bicyclic) bond motifs is 1. The van der Waals surface area contributed by atoms with E-state index in [-0.39, 0.29) is 6.04 Å². The number of likely N-dealkylation sites (N-methyl/N-ethyl adjacent to an activating group) is 1. The molecule has 0 N–H and O–H groups in total. The Morgan fingerprint density at radius 3 is 2.46 bits per heavy atom. The van der Waals surface area contributed by atoms with Crippen LogP contribution in [-0.4, -0.2) is 44.3 Å². The van der Waals surface area contributed by atoms with Gasteiger partial charge in [-0.15, -0.1) is 0 Å². The Balaban J connectivity index is 1.71. The van der Waals surface area contributed by atoms with Crippen LogP contribution in [0.4, 0.5) is 0 Å². The Hall–Kier alpha value is -1.95. The number of piperazine rings is 1. The van der Waals surface area contributed by atoms with Crippen molar-refractivity contribution in [1.82, 2.24) is 9.21 Å². The molecule has 0 spiro atoms. The number of hydrogen-bond donors (Lipinski definition) is 0. The van der Waals surface area contributed by atoms with Crippen molar-refractivity contribution in [3.8, 4) is 0 Å². The molecule has 2 aromatic carbocycles. The highest BCUT2D eigenvalue weighted by Gasteiger charge is 2.37. The summed E-state index contributed by atoms with van der Waals surface area (Å²) < 4.78 is 28.7. The lowest BCUT2D eigenvalue weighted by Crippen LogP contribution is -2.49. The summed E-state index contributed by atoms with van der Waals surface area (Å²) in [7, 11) is -1.43. The number of rotatable bonds is 3. The Kier molecular flexibility index (Phi) is 4.69. The Morgan fingerprint density at radius 1 is 0.923 bits per heavy atom. The summed E-state index contributed by atoms with van der Waals surface area (Å²) in [6.07, 6.45) is 3.23. The van der Waals surface area contributed by atoms with E-state index in [1.165, 1.54) is 5.56 Å². The monoisotopic (exact) mass is 368 g/mol. The van der Waals surface area contributed by atoms with Gasteiger partial charge in [0, 0.05) is 19.6 Å². The van der Waals surface area contributed by atoms with Crippen LogP contribution in [0.1, 0.15) is 29.2 Å². The molecule has 0 aromatic heterocycles. The van der Waals surface area contributed by atoms with Crippen LogP contribution < -0.4 is 0 Å². The van der Waals surface area contributed by atoms with E-state index < -0.39 is 10.0 Å². The van der Waals surface area contributed by atoms with Gasteiger partial charge in [-0.1, -0.05) is 54.6 Å². The van der Waals surface area contributed by atoms with Gasteiger partial charge in [-0.2, -0.15) is 4.31 Å². The average molecular weight is 369 g/mol. The van der Waals surface area contributed by atoms with Gasteiger partial charge in [0.15, 0.2) is 0 Å². The molecule has 1 heterocycles. The first-order valence-corrected chi connectivity index (χ1v) is 10.5. The van der Waals surface area contributed by atoms with Crippen LogP contribution in [-0.2, 0) is 16.4 Å². The van der Waals surface area contributed by atoms with Gasteiger partial charge in [-0.25, -0.2) is 8.42 Å². The molecule has 0 saturated carbocycles. The fourth-order valence-electron chi connectivity index (χ4n) is 3.90. The molecule has 0 radical (unpaired) electrons. The van der Waals surface area contributed by atoms with Gasteiger partial charge in [0.25, 0.3) is 0 Å². The predicted octanol–water partition coefficient (Wildman–Crippen LogP) is 3.29. The lowest BCUT2D eigenvalue weighted by molar-refractivity contribution is 0.161. The van der Waals surface area contributed by atoms with Gasteiger partial charge in [-0.05, 0) is 42.7 Å². The smallest absolute Gasteiger partial charge is 0.239 e. The molecular formula is C21H24N2O2S. The number of benzene rings is 2. The number of nitrogens with zero attached hydrogens (tertiary/aromatic N) is 2. The van der Waals surface area contributed by atoms with Crippen LogP contribution in [0.15, 0.2) is 59.5 Å². The molecule has 1 unspecified atom stereocenters. The zero-order valence-electron chi connectivity index (χ0n) is 15.0. The molecular weight excluding hydrogens is 344 g/mol. The molecule has 4 rings (SSSR count). The van der Waals surface area contributed by atoms with Crippen molar-refractivity contribution in [3.63, 3.8) is 0 Å². The van der Waals surface area contributed by atoms with Gasteiger partial charge in [0.2, 0.25) is 10.0 Å². The lowest BCUT2D eigenvalue weighted by Gasteiger charge is -2.40. The first-order chi connectivity index (χ1) is 12.6. The minimum atomic E-state index is -3.48. The van der Waals surface area contributed by atoms with E-state index in [0.29, 0.717) is 24.4 Å². The maximum Gasteiger partial charge on any atom is 0.239 e. The van der Waals surface area contributed by atoms with Crippen LogP contribution >= 0.6 is 0 Å². The fraction of sp³-hybridized carbons (Fsp3) is 0.333. The Morgan fingerprint density at radius 2 is 1.65 bits per heavy atom. The van der Waals surface area contributed by atoms with E-state index in [4.69, 9.17) is 0 Å². The molecule has 136 valence electrons. The van der Waals surface area contributed by atoms with Gasteiger partial charge in [0.1, 0.15) is 0 Å². The third-order valence-corrected chi connectivity index (χ3v) is 7.41. The molecule has 1 atom stereocenters. The maximum atomic E-state index is 13.5. The number of allylic oxidation sites excluding steroid dienone is 1. The zero-order valence-corrected chi connectivity index (χ0v) is 15.8. The second-order valence-electron chi connectivity index (χ2n) is 7.11. The predicted molar refractivity (Wildman–Crippen MR) is 105 cm³/mol. The van der Waals surface area contributed by atoms with Gasteiger partial charge in [0.05, 0.1) is 10.9 Å². The topological polar surface area (TPSA) is 40.6 Å². The number of sulfonamides is 1. The molecule has 2 aliphatic rings. The molecule has 1 aliphatic carbocycles. The minimum absolute atomic E-state index is 0.141. The van der Waals surface area contributed by atoms with Crippen molar-refractivity contribution in [1.29, 1.82) is 0 Å². The summed E-state index contributed by atoms with van der Waals surface area (Å²) in [5, 5.41) is 0. The molecule has 2 aromatic rings. The fourth-order valence-corrected chi connectivity index (χ4v) is 5.68. The van der Waals surface area contributed by atoms with Gasteiger partial charge in [-0.3, -0.25) is 0 Å². The molecule has 1 fully saturated rings. The van der Waals surface area contributed by atoms with Gasteiger partial charge >= 0.3 is 0 Å². The largest absolute Gasteiger partial charge is 0.303 e. The molecule has 26 heavy (non-hydrogen) atoms. The second kappa shape index (κ2) is 6.99. The van der Waals surface area contributed by atoms with Crippen molar-refractivity contribution in [2.75, 3.05) is 26.7 Å². The molecule has 0 bridgehead atoms. The van der Waals surface area contributed by atoms with Crippen molar-refractivity contribution < 1.29 is 8.42 Å². The first kappa shape index (κ1) is 17.5. The van der Waals surface area contributed by atoms with E-state index >= 15 is 0 Å². The summed E-state index contributed by atoms with van der Waals surface area (Å²) in [4.78, 5) is 2.75. The normalized spacial score (nSPS) is 21.9. The molecule has 5 heteroatoms. The van der Waals surface area contributed by atoms with Crippen molar-refractivity contribution in [3.05, 3.63) is 76.2 Å². The van der Waals surface area contributed by atoms with Gasteiger partial charge < -0.3 is 4.90 Å². The minimum Gasteiger partial charge on any atom is -0.303 e. The Bertz CT molecular complexity index is 922. The molecule has 1 saturated heterocycles. The summed E-state index contributed by atoms with van der Waals surface area (Å²) in [6.45, 7) is 2.00. The summed E-state index contributed by atoms with van der Waals surface area (Å²) in [6, 6.07) is 17.9. The van der Waals surface area contributed by atoms with Crippen molar-refractivity contribution in [2.24, 2.45) is 0 Å².